The zero-order chi connectivity index (χ0) is 19.2. The number of unbranched alkanes of at least 4 members (excludes halogenated alkanes) is 10. The number of hydrogen-bond acceptors (Lipinski definition) is 1. The van der Waals surface area contributed by atoms with E-state index >= 15 is 0 Å². The predicted molar refractivity (Wildman–Crippen MR) is 117 cm³/mol. The summed E-state index contributed by atoms with van der Waals surface area (Å²) in [6, 6.07) is 0. The molecular weight excluding hydrogens is 402 g/mol. The van der Waals surface area contributed by atoms with E-state index in [2.05, 4.69) is 47.5 Å². The minimum absolute atomic E-state index is 0. The third-order valence-corrected chi connectivity index (χ3v) is 6.50. The van der Waals surface area contributed by atoms with Gasteiger partial charge in [0.15, 0.2) is 14.5 Å². The lowest BCUT2D eigenvalue weighted by atomic mass is 10.1. The second-order valence-electron chi connectivity index (χ2n) is 9.29. The van der Waals surface area contributed by atoms with E-state index < -0.39 is 8.32 Å². The molecule has 160 valence electrons. The molecule has 26 heavy (non-hydrogen) atoms. The van der Waals surface area contributed by atoms with E-state index in [4.69, 9.17) is 4.43 Å². The summed E-state index contributed by atoms with van der Waals surface area (Å²) in [6.45, 7) is 16.5. The summed E-state index contributed by atoms with van der Waals surface area (Å²) in [5.41, 5.74) is 0. The molecule has 0 saturated heterocycles. The normalized spacial score (nSPS) is 13.5. The standard InChI is InChI=1S/C22H50NOSi.BrH/c1-8-10-12-14-16-18-20-23(4,22(3)24-25(5,6)7)21-19-17-15-13-11-9-2;/h22H,8-21H2,1-7H3;1H/q+1;/p-1. The molecule has 0 fully saturated rings. The third kappa shape index (κ3) is 15.7. The minimum Gasteiger partial charge on any atom is -1.00 e. The lowest BCUT2D eigenvalue weighted by Crippen LogP contribution is -3.00. The van der Waals surface area contributed by atoms with Crippen molar-refractivity contribution in [2.45, 2.75) is 124 Å². The van der Waals surface area contributed by atoms with Crippen molar-refractivity contribution >= 4 is 8.32 Å². The van der Waals surface area contributed by atoms with Crippen LogP contribution in [0, 0.1) is 0 Å². The van der Waals surface area contributed by atoms with E-state index in [1.54, 1.807) is 0 Å². The summed E-state index contributed by atoms with van der Waals surface area (Å²) < 4.78 is 7.62. The maximum Gasteiger partial charge on any atom is 0.191 e. The van der Waals surface area contributed by atoms with Crippen LogP contribution in [0.15, 0.2) is 0 Å². The second kappa shape index (κ2) is 16.6. The molecule has 0 saturated carbocycles. The van der Waals surface area contributed by atoms with Gasteiger partial charge >= 0.3 is 0 Å². The number of quaternary nitrogens is 1. The van der Waals surface area contributed by atoms with Crippen LogP contribution >= 0.6 is 0 Å². The lowest BCUT2D eigenvalue weighted by Gasteiger charge is -2.42. The van der Waals surface area contributed by atoms with Crippen LogP contribution in [0.1, 0.15) is 97.8 Å². The van der Waals surface area contributed by atoms with E-state index in [-0.39, 0.29) is 17.0 Å². The van der Waals surface area contributed by atoms with Crippen LogP contribution in [0.5, 0.6) is 0 Å². The number of rotatable bonds is 17. The van der Waals surface area contributed by atoms with Crippen molar-refractivity contribution in [2.24, 2.45) is 0 Å². The molecular formula is C22H50BrNOSi. The van der Waals surface area contributed by atoms with E-state index in [0.29, 0.717) is 6.23 Å². The first kappa shape index (κ1) is 28.8. The highest BCUT2D eigenvalue weighted by Crippen LogP contribution is 2.21. The van der Waals surface area contributed by atoms with Crippen molar-refractivity contribution in [3.05, 3.63) is 0 Å². The number of hydrogen-bond donors (Lipinski definition) is 0. The SMILES string of the molecule is CCCCCCCC[N+](C)(CCCCCCCC)C(C)O[Si](C)(C)C.[Br-]. The Labute approximate surface area is 178 Å². The first-order valence-corrected chi connectivity index (χ1v) is 14.7. The monoisotopic (exact) mass is 451 g/mol. The van der Waals surface area contributed by atoms with Crippen molar-refractivity contribution in [1.82, 2.24) is 0 Å². The fraction of sp³-hybridized carbons (Fsp3) is 1.00. The predicted octanol–water partition coefficient (Wildman–Crippen LogP) is 4.36. The molecule has 0 aliphatic carbocycles. The van der Waals surface area contributed by atoms with Crippen LogP contribution in [-0.2, 0) is 4.43 Å². The van der Waals surface area contributed by atoms with Crippen molar-refractivity contribution < 1.29 is 25.9 Å². The molecule has 0 aromatic rings. The molecule has 0 amide bonds. The minimum atomic E-state index is -1.48. The highest BCUT2D eigenvalue weighted by atomic mass is 79.9. The van der Waals surface area contributed by atoms with Crippen LogP contribution in [0.25, 0.3) is 0 Å². The van der Waals surface area contributed by atoms with Crippen molar-refractivity contribution in [3.8, 4) is 0 Å². The van der Waals surface area contributed by atoms with E-state index in [1.807, 2.05) is 0 Å². The van der Waals surface area contributed by atoms with Gasteiger partial charge in [-0.2, -0.15) is 0 Å². The first-order chi connectivity index (χ1) is 11.7. The van der Waals surface area contributed by atoms with Crippen LogP contribution < -0.4 is 17.0 Å². The van der Waals surface area contributed by atoms with Crippen molar-refractivity contribution in [3.63, 3.8) is 0 Å². The summed E-state index contributed by atoms with van der Waals surface area (Å²) in [4.78, 5) is 0. The van der Waals surface area contributed by atoms with Gasteiger partial charge in [-0.05, 0) is 45.3 Å². The quantitative estimate of drug-likeness (QED) is 0.138. The van der Waals surface area contributed by atoms with Gasteiger partial charge in [0.25, 0.3) is 0 Å². The highest BCUT2D eigenvalue weighted by Gasteiger charge is 2.32. The zero-order valence-electron chi connectivity index (χ0n) is 19.2. The van der Waals surface area contributed by atoms with Gasteiger partial charge in [-0.25, -0.2) is 0 Å². The number of nitrogens with zero attached hydrogens (tertiary/aromatic N) is 1. The van der Waals surface area contributed by atoms with Crippen LogP contribution in [-0.4, -0.2) is 39.2 Å². The fourth-order valence-electron chi connectivity index (χ4n) is 3.62. The highest BCUT2D eigenvalue weighted by molar-refractivity contribution is 6.69. The molecule has 0 aliphatic rings. The first-order valence-electron chi connectivity index (χ1n) is 11.3. The molecule has 0 aromatic heterocycles. The fourth-order valence-corrected chi connectivity index (χ4v) is 4.90. The number of halogens is 1. The summed E-state index contributed by atoms with van der Waals surface area (Å²) in [6.07, 6.45) is 17.0. The van der Waals surface area contributed by atoms with Crippen molar-refractivity contribution in [2.75, 3.05) is 20.1 Å². The molecule has 2 nitrogen and oxygen atoms in total. The maximum absolute atomic E-state index is 6.51. The lowest BCUT2D eigenvalue weighted by molar-refractivity contribution is -0.950. The molecule has 0 radical (unpaired) electrons. The Morgan fingerprint density at radius 1 is 0.692 bits per heavy atom. The van der Waals surface area contributed by atoms with Gasteiger partial charge in [-0.3, -0.25) is 0 Å². The van der Waals surface area contributed by atoms with E-state index in [9.17, 15) is 0 Å². The van der Waals surface area contributed by atoms with Crippen LogP contribution in [0.2, 0.25) is 19.6 Å². The van der Waals surface area contributed by atoms with Crippen LogP contribution in [0.3, 0.4) is 0 Å². The molecule has 0 rings (SSSR count). The Bertz CT molecular complexity index is 291. The Kier molecular flexibility index (Phi) is 18.4. The Morgan fingerprint density at radius 2 is 1.04 bits per heavy atom. The summed E-state index contributed by atoms with van der Waals surface area (Å²) in [7, 11) is 0.971. The molecule has 0 aromatic carbocycles. The van der Waals surface area contributed by atoms with Gasteiger partial charge in [0.05, 0.1) is 20.1 Å². The summed E-state index contributed by atoms with van der Waals surface area (Å²) in [5.74, 6) is 0. The molecule has 4 heteroatoms. The zero-order valence-corrected chi connectivity index (χ0v) is 21.8. The molecule has 0 aliphatic heterocycles. The van der Waals surface area contributed by atoms with Gasteiger partial charge in [0, 0.05) is 6.92 Å². The average molecular weight is 453 g/mol. The second-order valence-corrected chi connectivity index (χ2v) is 13.8. The van der Waals surface area contributed by atoms with Crippen LogP contribution in [0.4, 0.5) is 0 Å². The van der Waals surface area contributed by atoms with Gasteiger partial charge in [-0.1, -0.05) is 65.2 Å². The Morgan fingerprint density at radius 3 is 1.38 bits per heavy atom. The molecule has 0 N–H and O–H groups in total. The van der Waals surface area contributed by atoms with Gasteiger partial charge in [0.1, 0.15) is 0 Å². The average Bonchev–Trinajstić information content (AvgIpc) is 2.52. The Hall–Kier alpha value is 0.617. The largest absolute Gasteiger partial charge is 1.00 e. The van der Waals surface area contributed by atoms with Gasteiger partial charge in [-0.15, -0.1) is 0 Å². The molecule has 0 bridgehead atoms. The third-order valence-electron chi connectivity index (χ3n) is 5.45. The van der Waals surface area contributed by atoms with Gasteiger partial charge in [0.2, 0.25) is 0 Å². The summed E-state index contributed by atoms with van der Waals surface area (Å²) in [5, 5.41) is 0. The Balaban J connectivity index is 0. The van der Waals surface area contributed by atoms with Gasteiger partial charge < -0.3 is 25.9 Å². The smallest absolute Gasteiger partial charge is 0.191 e. The molecule has 1 atom stereocenters. The molecule has 0 heterocycles. The molecule has 0 spiro atoms. The molecule has 1 unspecified atom stereocenters. The summed E-state index contributed by atoms with van der Waals surface area (Å²) >= 11 is 0. The van der Waals surface area contributed by atoms with E-state index in [1.165, 1.54) is 90.1 Å². The van der Waals surface area contributed by atoms with E-state index in [0.717, 1.165) is 4.48 Å². The maximum atomic E-state index is 6.51. The van der Waals surface area contributed by atoms with Crippen molar-refractivity contribution in [1.29, 1.82) is 0 Å². The topological polar surface area (TPSA) is 9.23 Å².